The van der Waals surface area contributed by atoms with E-state index in [4.69, 9.17) is 9.47 Å². The van der Waals surface area contributed by atoms with Gasteiger partial charge in [0.1, 0.15) is 5.75 Å². The highest BCUT2D eigenvalue weighted by Crippen LogP contribution is 2.24. The summed E-state index contributed by atoms with van der Waals surface area (Å²) in [6.07, 6.45) is 0. The number of hydrogen-bond acceptors (Lipinski definition) is 4. The van der Waals surface area contributed by atoms with Crippen molar-refractivity contribution in [2.24, 2.45) is 0 Å². The Morgan fingerprint density at radius 2 is 2.23 bits per heavy atom. The zero-order chi connectivity index (χ0) is 16.1. The van der Waals surface area contributed by atoms with Crippen LogP contribution in [0, 0.1) is 0 Å². The number of ether oxygens (including phenoxy) is 2. The molecule has 0 saturated carbocycles. The van der Waals surface area contributed by atoms with Crippen molar-refractivity contribution in [3.05, 3.63) is 29.3 Å². The van der Waals surface area contributed by atoms with Crippen molar-refractivity contribution in [2.75, 3.05) is 26.9 Å². The number of carbonyl (C=O) groups excluding carboxylic acids is 2. The summed E-state index contributed by atoms with van der Waals surface area (Å²) < 4.78 is 10.6. The molecular weight excluding hydrogens is 284 g/mol. The van der Waals surface area contributed by atoms with E-state index in [9.17, 15) is 9.59 Å². The molecule has 0 spiro atoms. The highest BCUT2D eigenvalue weighted by atomic mass is 16.5. The van der Waals surface area contributed by atoms with Gasteiger partial charge in [-0.25, -0.2) is 0 Å². The summed E-state index contributed by atoms with van der Waals surface area (Å²) >= 11 is 0. The summed E-state index contributed by atoms with van der Waals surface area (Å²) in [6.45, 7) is 5.22. The molecule has 2 amide bonds. The SMILES string of the molecule is COCCN1Cc2cc(C(=O)NC(C)C)ccc2OCC1=O. The average molecular weight is 306 g/mol. The molecule has 0 bridgehead atoms. The van der Waals surface area contributed by atoms with E-state index in [2.05, 4.69) is 5.32 Å². The molecule has 0 atom stereocenters. The van der Waals surface area contributed by atoms with Gasteiger partial charge in [-0.2, -0.15) is 0 Å². The molecule has 1 aliphatic heterocycles. The zero-order valence-corrected chi connectivity index (χ0v) is 13.2. The van der Waals surface area contributed by atoms with Crippen LogP contribution in [0.5, 0.6) is 5.75 Å². The van der Waals surface area contributed by atoms with Gasteiger partial charge in [-0.1, -0.05) is 0 Å². The first-order chi connectivity index (χ1) is 10.5. The minimum Gasteiger partial charge on any atom is -0.483 e. The highest BCUT2D eigenvalue weighted by Gasteiger charge is 2.22. The molecule has 0 aliphatic carbocycles. The fraction of sp³-hybridized carbons (Fsp3) is 0.500. The van der Waals surface area contributed by atoms with Crippen LogP contribution in [0.25, 0.3) is 0 Å². The maximum Gasteiger partial charge on any atom is 0.260 e. The van der Waals surface area contributed by atoms with E-state index in [0.717, 1.165) is 5.56 Å². The van der Waals surface area contributed by atoms with E-state index in [1.54, 1.807) is 30.2 Å². The van der Waals surface area contributed by atoms with Gasteiger partial charge in [0.25, 0.3) is 11.8 Å². The monoisotopic (exact) mass is 306 g/mol. The fourth-order valence-electron chi connectivity index (χ4n) is 2.26. The molecule has 1 heterocycles. The van der Waals surface area contributed by atoms with E-state index < -0.39 is 0 Å². The average Bonchev–Trinajstić information content (AvgIpc) is 2.63. The summed E-state index contributed by atoms with van der Waals surface area (Å²) in [6, 6.07) is 5.32. The summed E-state index contributed by atoms with van der Waals surface area (Å²) in [5.74, 6) is 0.438. The molecule has 0 saturated heterocycles. The smallest absolute Gasteiger partial charge is 0.260 e. The topological polar surface area (TPSA) is 67.9 Å². The number of methoxy groups -OCH3 is 1. The molecule has 1 N–H and O–H groups in total. The van der Waals surface area contributed by atoms with Crippen LogP contribution in [0.2, 0.25) is 0 Å². The van der Waals surface area contributed by atoms with Gasteiger partial charge in [-0.3, -0.25) is 9.59 Å². The number of rotatable bonds is 5. The molecule has 1 aromatic rings. The van der Waals surface area contributed by atoms with Gasteiger partial charge in [-0.15, -0.1) is 0 Å². The normalized spacial score (nSPS) is 14.4. The predicted molar refractivity (Wildman–Crippen MR) is 81.8 cm³/mol. The number of nitrogens with zero attached hydrogens (tertiary/aromatic N) is 1. The molecule has 0 fully saturated rings. The largest absolute Gasteiger partial charge is 0.483 e. The van der Waals surface area contributed by atoms with Crippen LogP contribution in [0.4, 0.5) is 0 Å². The van der Waals surface area contributed by atoms with Crippen molar-refractivity contribution < 1.29 is 19.1 Å². The van der Waals surface area contributed by atoms with E-state index in [0.29, 0.717) is 31.0 Å². The van der Waals surface area contributed by atoms with Crippen molar-refractivity contribution in [2.45, 2.75) is 26.4 Å². The Morgan fingerprint density at radius 1 is 1.45 bits per heavy atom. The van der Waals surface area contributed by atoms with Gasteiger partial charge in [0.15, 0.2) is 6.61 Å². The first kappa shape index (κ1) is 16.3. The van der Waals surface area contributed by atoms with Crippen LogP contribution < -0.4 is 10.1 Å². The Balaban J connectivity index is 2.20. The molecule has 120 valence electrons. The van der Waals surface area contributed by atoms with Crippen LogP contribution in [0.3, 0.4) is 0 Å². The van der Waals surface area contributed by atoms with Gasteiger partial charge in [0.05, 0.1) is 6.61 Å². The summed E-state index contributed by atoms with van der Waals surface area (Å²) in [4.78, 5) is 25.8. The zero-order valence-electron chi connectivity index (χ0n) is 13.2. The first-order valence-electron chi connectivity index (χ1n) is 7.34. The summed E-state index contributed by atoms with van der Waals surface area (Å²) in [5.41, 5.74) is 1.40. The lowest BCUT2D eigenvalue weighted by Gasteiger charge is -2.19. The number of nitrogens with one attached hydrogen (secondary N) is 1. The number of carbonyl (C=O) groups is 2. The maximum atomic E-state index is 12.1. The fourth-order valence-corrected chi connectivity index (χ4v) is 2.26. The standard InChI is InChI=1S/C16H22N2O4/c1-11(2)17-16(20)12-4-5-14-13(8-12)9-18(6-7-21-3)15(19)10-22-14/h4-5,8,11H,6-7,9-10H2,1-3H3,(H,17,20). The van der Waals surface area contributed by atoms with E-state index in [1.165, 1.54) is 0 Å². The minimum absolute atomic E-state index is 0.00819. The summed E-state index contributed by atoms with van der Waals surface area (Å²) in [5, 5.41) is 2.86. The van der Waals surface area contributed by atoms with Crippen molar-refractivity contribution in [1.82, 2.24) is 10.2 Å². The third kappa shape index (κ3) is 3.98. The number of fused-ring (bicyclic) bond motifs is 1. The Morgan fingerprint density at radius 3 is 2.91 bits per heavy atom. The first-order valence-corrected chi connectivity index (χ1v) is 7.34. The van der Waals surface area contributed by atoms with Crippen molar-refractivity contribution in [3.8, 4) is 5.75 Å². The maximum absolute atomic E-state index is 12.1. The number of benzene rings is 1. The van der Waals surface area contributed by atoms with Crippen molar-refractivity contribution in [3.63, 3.8) is 0 Å². The third-order valence-corrected chi connectivity index (χ3v) is 3.37. The second-order valence-electron chi connectivity index (χ2n) is 5.55. The lowest BCUT2D eigenvalue weighted by atomic mass is 10.1. The molecule has 6 nitrogen and oxygen atoms in total. The number of hydrogen-bond donors (Lipinski definition) is 1. The Labute approximate surface area is 130 Å². The van der Waals surface area contributed by atoms with Crippen LogP contribution in [0.1, 0.15) is 29.8 Å². The van der Waals surface area contributed by atoms with Gasteiger partial charge in [-0.05, 0) is 32.0 Å². The van der Waals surface area contributed by atoms with Crippen LogP contribution >= 0.6 is 0 Å². The molecule has 1 aromatic carbocycles. The predicted octanol–water partition coefficient (Wildman–Crippen LogP) is 1.19. The molecule has 0 radical (unpaired) electrons. The third-order valence-electron chi connectivity index (χ3n) is 3.37. The van der Waals surface area contributed by atoms with Gasteiger partial charge >= 0.3 is 0 Å². The molecule has 6 heteroatoms. The minimum atomic E-state index is -0.128. The molecular formula is C16H22N2O4. The Hall–Kier alpha value is -2.08. The lowest BCUT2D eigenvalue weighted by molar-refractivity contribution is -0.133. The van der Waals surface area contributed by atoms with Gasteiger partial charge in [0, 0.05) is 37.4 Å². The summed E-state index contributed by atoms with van der Waals surface area (Å²) in [7, 11) is 1.60. The van der Waals surface area contributed by atoms with E-state index in [1.807, 2.05) is 13.8 Å². The van der Waals surface area contributed by atoms with Gasteiger partial charge in [0.2, 0.25) is 0 Å². The molecule has 22 heavy (non-hydrogen) atoms. The molecule has 0 aromatic heterocycles. The highest BCUT2D eigenvalue weighted by molar-refractivity contribution is 5.94. The molecule has 2 rings (SSSR count). The molecule has 0 unspecified atom stereocenters. The number of amides is 2. The van der Waals surface area contributed by atoms with E-state index in [-0.39, 0.29) is 24.5 Å². The molecule has 1 aliphatic rings. The lowest BCUT2D eigenvalue weighted by Crippen LogP contribution is -2.35. The second-order valence-corrected chi connectivity index (χ2v) is 5.55. The quantitative estimate of drug-likeness (QED) is 0.887. The Bertz CT molecular complexity index is 557. The Kier molecular flexibility index (Phi) is 5.38. The van der Waals surface area contributed by atoms with Crippen molar-refractivity contribution in [1.29, 1.82) is 0 Å². The van der Waals surface area contributed by atoms with E-state index >= 15 is 0 Å². The second kappa shape index (κ2) is 7.26. The van der Waals surface area contributed by atoms with Crippen LogP contribution in [0.15, 0.2) is 18.2 Å². The van der Waals surface area contributed by atoms with Crippen molar-refractivity contribution >= 4 is 11.8 Å². The van der Waals surface area contributed by atoms with Crippen LogP contribution in [-0.4, -0.2) is 49.6 Å². The van der Waals surface area contributed by atoms with Gasteiger partial charge < -0.3 is 19.7 Å². The van der Waals surface area contributed by atoms with Crippen LogP contribution in [-0.2, 0) is 16.1 Å².